The summed E-state index contributed by atoms with van der Waals surface area (Å²) in [4.78, 5) is 48.5. The van der Waals surface area contributed by atoms with Crippen molar-refractivity contribution in [2.45, 2.75) is 19.3 Å². The van der Waals surface area contributed by atoms with E-state index in [9.17, 15) is 19.2 Å². The summed E-state index contributed by atoms with van der Waals surface area (Å²) in [5.41, 5.74) is 3.37. The van der Waals surface area contributed by atoms with Crippen molar-refractivity contribution < 1.29 is 23.9 Å². The Morgan fingerprint density at radius 3 is 2.70 bits per heavy atom. The van der Waals surface area contributed by atoms with Crippen LogP contribution in [0.2, 0.25) is 0 Å². The molecule has 2 aliphatic rings. The van der Waals surface area contributed by atoms with Crippen molar-refractivity contribution in [3.05, 3.63) is 42.0 Å². The van der Waals surface area contributed by atoms with E-state index < -0.39 is 5.97 Å². The standard InChI is InChI=1S/C19H21N3O5/c1-27-16(23)9-10-20-17(24)12-5-4-6-13(11-12)22-19(26)15-8-3-2-7-14(15)18(25)21-22/h2-6,11,14-15H,7-10H2,1H3,(H,20,24)(H,21,25)/t14-,15-/m0/s1. The lowest BCUT2D eigenvalue weighted by Crippen LogP contribution is -2.59. The number of amides is 3. The number of fused-ring (bicyclic) bond motifs is 1. The number of carbonyl (C=O) groups excluding carboxylic acids is 4. The predicted molar refractivity (Wildman–Crippen MR) is 96.4 cm³/mol. The second-order valence-corrected chi connectivity index (χ2v) is 6.44. The van der Waals surface area contributed by atoms with Gasteiger partial charge in [-0.05, 0) is 31.0 Å². The number of esters is 1. The third-order valence-corrected chi connectivity index (χ3v) is 4.74. The molecule has 0 saturated carbocycles. The first-order valence-electron chi connectivity index (χ1n) is 8.76. The number of nitrogens with zero attached hydrogens (tertiary/aromatic N) is 1. The molecule has 2 N–H and O–H groups in total. The van der Waals surface area contributed by atoms with Crippen LogP contribution in [0.5, 0.6) is 0 Å². The van der Waals surface area contributed by atoms with Crippen molar-refractivity contribution >= 4 is 29.4 Å². The lowest BCUT2D eigenvalue weighted by molar-refractivity contribution is -0.140. The Kier molecular flexibility index (Phi) is 5.54. The van der Waals surface area contributed by atoms with Crippen LogP contribution in [-0.2, 0) is 19.1 Å². The van der Waals surface area contributed by atoms with Crippen molar-refractivity contribution in [2.75, 3.05) is 18.7 Å². The largest absolute Gasteiger partial charge is 0.469 e. The van der Waals surface area contributed by atoms with Crippen LogP contribution in [0, 0.1) is 11.8 Å². The molecule has 1 saturated heterocycles. The minimum atomic E-state index is -0.415. The molecule has 1 aliphatic heterocycles. The van der Waals surface area contributed by atoms with Crippen LogP contribution in [0.1, 0.15) is 29.6 Å². The predicted octanol–water partition coefficient (Wildman–Crippen LogP) is 0.940. The zero-order valence-electron chi connectivity index (χ0n) is 14.9. The highest BCUT2D eigenvalue weighted by molar-refractivity contribution is 6.05. The van der Waals surface area contributed by atoms with Gasteiger partial charge in [0.15, 0.2) is 0 Å². The third kappa shape index (κ3) is 3.99. The molecule has 0 aromatic heterocycles. The molecule has 142 valence electrons. The van der Waals surface area contributed by atoms with Crippen molar-refractivity contribution in [1.29, 1.82) is 0 Å². The Morgan fingerprint density at radius 1 is 1.22 bits per heavy atom. The molecule has 1 fully saturated rings. The monoisotopic (exact) mass is 371 g/mol. The maximum absolute atomic E-state index is 12.8. The summed E-state index contributed by atoms with van der Waals surface area (Å²) < 4.78 is 4.52. The van der Waals surface area contributed by atoms with Gasteiger partial charge in [0.25, 0.3) is 5.91 Å². The van der Waals surface area contributed by atoms with Gasteiger partial charge >= 0.3 is 5.97 Å². The summed E-state index contributed by atoms with van der Waals surface area (Å²) in [5, 5.41) is 3.84. The summed E-state index contributed by atoms with van der Waals surface area (Å²) in [6, 6.07) is 6.42. The second-order valence-electron chi connectivity index (χ2n) is 6.44. The van der Waals surface area contributed by atoms with E-state index in [2.05, 4.69) is 15.5 Å². The number of ether oxygens (including phenoxy) is 1. The van der Waals surface area contributed by atoms with Crippen LogP contribution in [0.4, 0.5) is 5.69 Å². The number of hydrogen-bond donors (Lipinski definition) is 2. The van der Waals surface area contributed by atoms with E-state index in [1.807, 2.05) is 12.2 Å². The van der Waals surface area contributed by atoms with Gasteiger partial charge in [0.2, 0.25) is 11.8 Å². The van der Waals surface area contributed by atoms with Gasteiger partial charge in [-0.25, -0.2) is 5.01 Å². The van der Waals surface area contributed by atoms with Crippen LogP contribution < -0.4 is 15.8 Å². The van der Waals surface area contributed by atoms with E-state index in [0.717, 1.165) is 0 Å². The molecule has 0 radical (unpaired) electrons. The minimum Gasteiger partial charge on any atom is -0.469 e. The van der Waals surface area contributed by atoms with E-state index in [-0.39, 0.29) is 42.5 Å². The van der Waals surface area contributed by atoms with Gasteiger partial charge in [0.1, 0.15) is 0 Å². The van der Waals surface area contributed by atoms with Crippen molar-refractivity contribution in [3.8, 4) is 0 Å². The van der Waals surface area contributed by atoms with E-state index >= 15 is 0 Å². The number of methoxy groups -OCH3 is 1. The van der Waals surface area contributed by atoms with Gasteiger partial charge in [-0.15, -0.1) is 0 Å². The van der Waals surface area contributed by atoms with Crippen LogP contribution in [-0.4, -0.2) is 37.3 Å². The van der Waals surface area contributed by atoms with Gasteiger partial charge in [-0.3, -0.25) is 24.6 Å². The van der Waals surface area contributed by atoms with Gasteiger partial charge in [-0.2, -0.15) is 0 Å². The molecule has 3 amide bonds. The number of carbonyl (C=O) groups is 4. The van der Waals surface area contributed by atoms with Gasteiger partial charge < -0.3 is 10.1 Å². The molecule has 0 unspecified atom stereocenters. The fourth-order valence-corrected chi connectivity index (χ4v) is 3.25. The number of rotatable bonds is 5. The second kappa shape index (κ2) is 8.03. The van der Waals surface area contributed by atoms with Crippen LogP contribution in [0.3, 0.4) is 0 Å². The maximum Gasteiger partial charge on any atom is 0.307 e. The summed E-state index contributed by atoms with van der Waals surface area (Å²) in [6.07, 6.45) is 4.99. The average molecular weight is 371 g/mol. The van der Waals surface area contributed by atoms with Crippen molar-refractivity contribution in [3.63, 3.8) is 0 Å². The SMILES string of the molecule is COC(=O)CCNC(=O)c1cccc(N2NC(=O)[C@H]3CC=CC[C@@H]3C2=O)c1. The molecule has 0 bridgehead atoms. The Morgan fingerprint density at radius 2 is 1.96 bits per heavy atom. The highest BCUT2D eigenvalue weighted by Gasteiger charge is 2.42. The highest BCUT2D eigenvalue weighted by Crippen LogP contribution is 2.32. The Labute approximate surface area is 156 Å². The number of hydrogen-bond acceptors (Lipinski definition) is 5. The zero-order chi connectivity index (χ0) is 19.4. The quantitative estimate of drug-likeness (QED) is 0.592. The zero-order valence-corrected chi connectivity index (χ0v) is 14.9. The number of benzene rings is 1. The minimum absolute atomic E-state index is 0.0686. The van der Waals surface area contributed by atoms with Gasteiger partial charge in [-0.1, -0.05) is 18.2 Å². The van der Waals surface area contributed by atoms with Crippen LogP contribution >= 0.6 is 0 Å². The summed E-state index contributed by atoms with van der Waals surface area (Å²) in [5.74, 6) is -1.91. The molecule has 1 aliphatic carbocycles. The van der Waals surface area contributed by atoms with Gasteiger partial charge in [0.05, 0.1) is 31.1 Å². The lowest BCUT2D eigenvalue weighted by Gasteiger charge is -2.38. The molecular weight excluding hydrogens is 350 g/mol. The highest BCUT2D eigenvalue weighted by atomic mass is 16.5. The van der Waals surface area contributed by atoms with Crippen LogP contribution in [0.15, 0.2) is 36.4 Å². The number of anilines is 1. The molecule has 3 rings (SSSR count). The summed E-state index contributed by atoms with van der Waals surface area (Å²) in [7, 11) is 1.28. The van der Waals surface area contributed by atoms with E-state index in [4.69, 9.17) is 0 Å². The summed E-state index contributed by atoms with van der Waals surface area (Å²) in [6.45, 7) is 0.144. The maximum atomic E-state index is 12.8. The van der Waals surface area contributed by atoms with Crippen molar-refractivity contribution in [2.24, 2.45) is 11.8 Å². The first-order valence-corrected chi connectivity index (χ1v) is 8.76. The third-order valence-electron chi connectivity index (χ3n) is 4.74. The topological polar surface area (TPSA) is 105 Å². The molecule has 8 nitrogen and oxygen atoms in total. The first-order chi connectivity index (χ1) is 13.0. The van der Waals surface area contributed by atoms with E-state index in [0.29, 0.717) is 24.1 Å². The number of nitrogens with one attached hydrogen (secondary N) is 2. The lowest BCUT2D eigenvalue weighted by atomic mass is 9.80. The Hall–Kier alpha value is -3.16. The molecule has 1 heterocycles. The van der Waals surface area contributed by atoms with Gasteiger partial charge in [0, 0.05) is 12.1 Å². The average Bonchev–Trinajstić information content (AvgIpc) is 2.70. The molecule has 27 heavy (non-hydrogen) atoms. The molecule has 0 spiro atoms. The fourth-order valence-electron chi connectivity index (χ4n) is 3.25. The number of allylic oxidation sites excluding steroid dienone is 2. The van der Waals surface area contributed by atoms with Crippen LogP contribution in [0.25, 0.3) is 0 Å². The molecule has 1 aromatic carbocycles. The molecule has 2 atom stereocenters. The molecular formula is C19H21N3O5. The van der Waals surface area contributed by atoms with E-state index in [1.165, 1.54) is 18.2 Å². The smallest absolute Gasteiger partial charge is 0.307 e. The summed E-state index contributed by atoms with van der Waals surface area (Å²) >= 11 is 0. The fraction of sp³-hybridized carbons (Fsp3) is 0.368. The normalized spacial score (nSPS) is 21.3. The Balaban J connectivity index is 1.72. The first kappa shape index (κ1) is 18.6. The Bertz CT molecular complexity index is 804. The van der Waals surface area contributed by atoms with E-state index in [1.54, 1.807) is 18.2 Å². The van der Waals surface area contributed by atoms with Crippen molar-refractivity contribution in [1.82, 2.24) is 10.7 Å². The molecule has 8 heteroatoms. The number of hydrazine groups is 1. The molecule has 1 aromatic rings.